The zero-order valence-electron chi connectivity index (χ0n) is 5.90. The standard InChI is InChI=1S/C7H14O3/c1-2-3-4-6(9)7(10)5-8/h2,6-10H,1,3-5H2/t6-,7+/m1/s1. The van der Waals surface area contributed by atoms with Gasteiger partial charge in [0.15, 0.2) is 0 Å². The number of aliphatic hydroxyl groups excluding tert-OH is 3. The lowest BCUT2D eigenvalue weighted by atomic mass is 10.1. The lowest BCUT2D eigenvalue weighted by Gasteiger charge is -2.13. The van der Waals surface area contributed by atoms with E-state index in [1.807, 2.05) is 0 Å². The van der Waals surface area contributed by atoms with Crippen LogP contribution < -0.4 is 0 Å². The fourth-order valence-corrected chi connectivity index (χ4v) is 0.603. The number of hydrogen-bond acceptors (Lipinski definition) is 3. The van der Waals surface area contributed by atoms with Crippen LogP contribution in [0.25, 0.3) is 0 Å². The van der Waals surface area contributed by atoms with E-state index in [0.717, 1.165) is 0 Å². The summed E-state index contributed by atoms with van der Waals surface area (Å²) < 4.78 is 0. The van der Waals surface area contributed by atoms with Gasteiger partial charge in [-0.15, -0.1) is 6.58 Å². The van der Waals surface area contributed by atoms with Crippen LogP contribution in [0.5, 0.6) is 0 Å². The topological polar surface area (TPSA) is 60.7 Å². The van der Waals surface area contributed by atoms with Gasteiger partial charge in [-0.05, 0) is 12.8 Å². The van der Waals surface area contributed by atoms with E-state index in [2.05, 4.69) is 6.58 Å². The molecule has 0 aliphatic rings. The first kappa shape index (κ1) is 9.62. The first-order valence-corrected chi connectivity index (χ1v) is 3.30. The normalized spacial score (nSPS) is 16.3. The van der Waals surface area contributed by atoms with E-state index in [9.17, 15) is 0 Å². The Kier molecular flexibility index (Phi) is 5.20. The van der Waals surface area contributed by atoms with Crippen molar-refractivity contribution in [2.75, 3.05) is 6.61 Å². The Morgan fingerprint density at radius 1 is 1.30 bits per heavy atom. The maximum absolute atomic E-state index is 8.99. The van der Waals surface area contributed by atoms with Crippen LogP contribution in [-0.4, -0.2) is 34.1 Å². The molecule has 0 aromatic heterocycles. The Morgan fingerprint density at radius 2 is 1.90 bits per heavy atom. The third kappa shape index (κ3) is 3.61. The first-order valence-electron chi connectivity index (χ1n) is 3.30. The van der Waals surface area contributed by atoms with Crippen molar-refractivity contribution in [2.24, 2.45) is 0 Å². The number of allylic oxidation sites excluding steroid dienone is 1. The molecule has 0 amide bonds. The molecule has 0 heterocycles. The van der Waals surface area contributed by atoms with Gasteiger partial charge in [-0.1, -0.05) is 6.08 Å². The number of rotatable bonds is 5. The van der Waals surface area contributed by atoms with E-state index >= 15 is 0 Å². The van der Waals surface area contributed by atoms with Crippen molar-refractivity contribution in [1.82, 2.24) is 0 Å². The highest BCUT2D eigenvalue weighted by molar-refractivity contribution is 4.72. The molecular formula is C7H14O3. The highest BCUT2D eigenvalue weighted by atomic mass is 16.4. The third-order valence-corrected chi connectivity index (χ3v) is 1.30. The van der Waals surface area contributed by atoms with Crippen molar-refractivity contribution in [2.45, 2.75) is 25.0 Å². The van der Waals surface area contributed by atoms with Gasteiger partial charge >= 0.3 is 0 Å². The fraction of sp³-hybridized carbons (Fsp3) is 0.714. The van der Waals surface area contributed by atoms with Crippen LogP contribution in [0.4, 0.5) is 0 Å². The molecule has 0 aromatic carbocycles. The van der Waals surface area contributed by atoms with Gasteiger partial charge in [-0.3, -0.25) is 0 Å². The summed E-state index contributed by atoms with van der Waals surface area (Å²) in [4.78, 5) is 0. The second kappa shape index (κ2) is 5.41. The smallest absolute Gasteiger partial charge is 0.103 e. The van der Waals surface area contributed by atoms with Crippen molar-refractivity contribution in [3.63, 3.8) is 0 Å². The van der Waals surface area contributed by atoms with E-state index in [-0.39, 0.29) is 0 Å². The predicted molar refractivity (Wildman–Crippen MR) is 38.5 cm³/mol. The summed E-state index contributed by atoms with van der Waals surface area (Å²) in [7, 11) is 0. The van der Waals surface area contributed by atoms with E-state index in [1.165, 1.54) is 0 Å². The second-order valence-corrected chi connectivity index (χ2v) is 2.18. The highest BCUT2D eigenvalue weighted by Gasteiger charge is 2.12. The summed E-state index contributed by atoms with van der Waals surface area (Å²) in [6, 6.07) is 0. The Morgan fingerprint density at radius 3 is 2.30 bits per heavy atom. The van der Waals surface area contributed by atoms with Crippen LogP contribution in [0.1, 0.15) is 12.8 Å². The molecule has 2 atom stereocenters. The van der Waals surface area contributed by atoms with Crippen molar-refractivity contribution >= 4 is 0 Å². The number of aliphatic hydroxyl groups is 3. The predicted octanol–water partition coefficient (Wildman–Crippen LogP) is -0.333. The average molecular weight is 146 g/mol. The van der Waals surface area contributed by atoms with Gasteiger partial charge in [-0.25, -0.2) is 0 Å². The van der Waals surface area contributed by atoms with Gasteiger partial charge in [0, 0.05) is 0 Å². The van der Waals surface area contributed by atoms with Gasteiger partial charge in [0.05, 0.1) is 12.7 Å². The molecule has 10 heavy (non-hydrogen) atoms. The van der Waals surface area contributed by atoms with Gasteiger partial charge in [0.25, 0.3) is 0 Å². The van der Waals surface area contributed by atoms with E-state index in [0.29, 0.717) is 12.8 Å². The highest BCUT2D eigenvalue weighted by Crippen LogP contribution is 2.01. The Labute approximate surface area is 60.6 Å². The minimum atomic E-state index is -1.01. The summed E-state index contributed by atoms with van der Waals surface area (Å²) >= 11 is 0. The molecule has 0 unspecified atom stereocenters. The first-order chi connectivity index (χ1) is 4.72. The van der Waals surface area contributed by atoms with E-state index in [1.54, 1.807) is 6.08 Å². The second-order valence-electron chi connectivity index (χ2n) is 2.18. The van der Waals surface area contributed by atoms with Crippen molar-refractivity contribution in [1.29, 1.82) is 0 Å². The molecule has 0 saturated heterocycles. The van der Waals surface area contributed by atoms with Gasteiger partial charge in [0.1, 0.15) is 6.10 Å². The van der Waals surface area contributed by atoms with Crippen LogP contribution in [0.2, 0.25) is 0 Å². The summed E-state index contributed by atoms with van der Waals surface area (Å²) in [5.74, 6) is 0. The molecule has 0 rings (SSSR count). The Hall–Kier alpha value is -0.380. The molecule has 3 heteroatoms. The van der Waals surface area contributed by atoms with E-state index in [4.69, 9.17) is 15.3 Å². The van der Waals surface area contributed by atoms with Gasteiger partial charge in [0.2, 0.25) is 0 Å². The summed E-state index contributed by atoms with van der Waals surface area (Å²) in [6.45, 7) is 3.07. The molecule has 0 aliphatic heterocycles. The molecule has 0 radical (unpaired) electrons. The van der Waals surface area contributed by atoms with Crippen molar-refractivity contribution in [3.05, 3.63) is 12.7 Å². The average Bonchev–Trinajstić information content (AvgIpc) is 1.98. The lowest BCUT2D eigenvalue weighted by molar-refractivity contribution is -0.0169. The molecular weight excluding hydrogens is 132 g/mol. The molecule has 0 fully saturated rings. The maximum Gasteiger partial charge on any atom is 0.103 e. The molecule has 0 saturated carbocycles. The molecule has 60 valence electrons. The minimum absolute atomic E-state index is 0.391. The number of hydrogen-bond donors (Lipinski definition) is 3. The Balaban J connectivity index is 3.40. The monoisotopic (exact) mass is 146 g/mol. The minimum Gasteiger partial charge on any atom is -0.394 e. The maximum atomic E-state index is 8.99. The molecule has 0 aromatic rings. The molecule has 3 N–H and O–H groups in total. The van der Waals surface area contributed by atoms with Crippen LogP contribution in [0, 0.1) is 0 Å². The molecule has 0 aliphatic carbocycles. The van der Waals surface area contributed by atoms with E-state index < -0.39 is 18.8 Å². The summed E-state index contributed by atoms with van der Waals surface area (Å²) in [6.07, 6.45) is 0.916. The summed E-state index contributed by atoms with van der Waals surface area (Å²) in [5, 5.41) is 26.2. The molecule has 0 bridgehead atoms. The van der Waals surface area contributed by atoms with Crippen molar-refractivity contribution in [3.8, 4) is 0 Å². The zero-order chi connectivity index (χ0) is 7.98. The molecule has 0 spiro atoms. The zero-order valence-corrected chi connectivity index (χ0v) is 5.90. The van der Waals surface area contributed by atoms with Crippen LogP contribution in [0.15, 0.2) is 12.7 Å². The fourth-order valence-electron chi connectivity index (χ4n) is 0.603. The summed E-state index contributed by atoms with van der Waals surface area (Å²) in [5.41, 5.74) is 0. The SMILES string of the molecule is C=CCC[C@@H](O)[C@@H](O)CO. The van der Waals surface area contributed by atoms with Gasteiger partial charge in [-0.2, -0.15) is 0 Å². The lowest BCUT2D eigenvalue weighted by Crippen LogP contribution is -2.28. The van der Waals surface area contributed by atoms with Crippen LogP contribution in [0.3, 0.4) is 0 Å². The van der Waals surface area contributed by atoms with Crippen molar-refractivity contribution < 1.29 is 15.3 Å². The quantitative estimate of drug-likeness (QED) is 0.465. The van der Waals surface area contributed by atoms with Gasteiger partial charge < -0.3 is 15.3 Å². The van der Waals surface area contributed by atoms with Crippen LogP contribution >= 0.6 is 0 Å². The van der Waals surface area contributed by atoms with Crippen LogP contribution in [-0.2, 0) is 0 Å². The third-order valence-electron chi connectivity index (χ3n) is 1.30. The Bertz CT molecular complexity index is 92.9. The molecule has 3 nitrogen and oxygen atoms in total. The largest absolute Gasteiger partial charge is 0.394 e.